The molecule has 110 valence electrons. The van der Waals surface area contributed by atoms with E-state index in [1.165, 1.54) is 0 Å². The van der Waals surface area contributed by atoms with Crippen molar-refractivity contribution in [2.24, 2.45) is 5.73 Å². The molecule has 0 spiro atoms. The van der Waals surface area contributed by atoms with Crippen LogP contribution in [0.4, 0.5) is 11.4 Å². The van der Waals surface area contributed by atoms with Gasteiger partial charge in [-0.15, -0.1) is 0 Å². The fourth-order valence-corrected chi connectivity index (χ4v) is 2.36. The van der Waals surface area contributed by atoms with Gasteiger partial charge in [0.25, 0.3) is 5.91 Å². The smallest absolute Gasteiger partial charge is 0.250 e. The molecule has 0 fully saturated rings. The van der Waals surface area contributed by atoms with E-state index in [1.54, 1.807) is 12.1 Å². The van der Waals surface area contributed by atoms with Gasteiger partial charge in [-0.05, 0) is 42.8 Å². The summed E-state index contributed by atoms with van der Waals surface area (Å²) < 4.78 is 0. The van der Waals surface area contributed by atoms with Crippen molar-refractivity contribution in [3.8, 4) is 0 Å². The zero-order chi connectivity index (χ0) is 15.4. The van der Waals surface area contributed by atoms with Gasteiger partial charge in [-0.2, -0.15) is 0 Å². The number of nitrogens with two attached hydrogens (primary N) is 2. The normalized spacial score (nSPS) is 10.4. The molecular formula is C16H18ClN3O. The van der Waals surface area contributed by atoms with Crippen LogP contribution >= 0.6 is 11.6 Å². The summed E-state index contributed by atoms with van der Waals surface area (Å²) in [6, 6.07) is 12.8. The molecule has 0 heterocycles. The summed E-state index contributed by atoms with van der Waals surface area (Å²) in [4.78, 5) is 13.7. The number of benzene rings is 2. The van der Waals surface area contributed by atoms with Gasteiger partial charge in [0.2, 0.25) is 0 Å². The summed E-state index contributed by atoms with van der Waals surface area (Å²) in [6.07, 6.45) is 0. The van der Waals surface area contributed by atoms with E-state index in [9.17, 15) is 4.79 Å². The maximum atomic E-state index is 11.6. The Kier molecular flexibility index (Phi) is 4.70. The Morgan fingerprint density at radius 3 is 2.43 bits per heavy atom. The van der Waals surface area contributed by atoms with Crippen LogP contribution in [0.1, 0.15) is 22.8 Å². The molecule has 4 N–H and O–H groups in total. The third-order valence-electron chi connectivity index (χ3n) is 3.30. The first-order chi connectivity index (χ1) is 10.0. The molecule has 4 nitrogen and oxygen atoms in total. The number of primary amides is 1. The summed E-state index contributed by atoms with van der Waals surface area (Å²) >= 11 is 5.95. The average molecular weight is 304 g/mol. The van der Waals surface area contributed by atoms with Gasteiger partial charge in [-0.3, -0.25) is 4.79 Å². The van der Waals surface area contributed by atoms with Crippen LogP contribution in [0.15, 0.2) is 42.5 Å². The van der Waals surface area contributed by atoms with Crippen LogP contribution in [0.5, 0.6) is 0 Å². The molecule has 2 rings (SSSR count). The Labute approximate surface area is 129 Å². The van der Waals surface area contributed by atoms with Crippen molar-refractivity contribution in [1.29, 1.82) is 0 Å². The highest BCUT2D eigenvalue weighted by molar-refractivity contribution is 6.31. The van der Waals surface area contributed by atoms with E-state index in [4.69, 9.17) is 23.1 Å². The SMILES string of the molecule is CCN(Cc1ccc(N)cc1)c1ccc(Cl)cc1C(N)=O. The van der Waals surface area contributed by atoms with Gasteiger partial charge in [0.05, 0.1) is 5.56 Å². The average Bonchev–Trinajstić information content (AvgIpc) is 2.47. The molecule has 2 aromatic carbocycles. The zero-order valence-corrected chi connectivity index (χ0v) is 12.6. The molecule has 2 aromatic rings. The maximum absolute atomic E-state index is 11.6. The minimum atomic E-state index is -0.483. The van der Waals surface area contributed by atoms with Crippen molar-refractivity contribution in [3.63, 3.8) is 0 Å². The largest absolute Gasteiger partial charge is 0.399 e. The lowest BCUT2D eigenvalue weighted by Gasteiger charge is -2.25. The van der Waals surface area contributed by atoms with E-state index >= 15 is 0 Å². The Bertz CT molecular complexity index is 640. The zero-order valence-electron chi connectivity index (χ0n) is 11.8. The monoisotopic (exact) mass is 303 g/mol. The van der Waals surface area contributed by atoms with E-state index < -0.39 is 5.91 Å². The van der Waals surface area contributed by atoms with E-state index in [2.05, 4.69) is 4.90 Å². The lowest BCUT2D eigenvalue weighted by molar-refractivity contribution is 0.100. The van der Waals surface area contributed by atoms with E-state index in [0.717, 1.165) is 23.5 Å². The molecule has 0 aromatic heterocycles. The Balaban J connectivity index is 2.33. The van der Waals surface area contributed by atoms with E-state index in [1.807, 2.05) is 37.3 Å². The van der Waals surface area contributed by atoms with Crippen LogP contribution < -0.4 is 16.4 Å². The second-order valence-corrected chi connectivity index (χ2v) is 5.22. The Morgan fingerprint density at radius 1 is 1.19 bits per heavy atom. The fourth-order valence-electron chi connectivity index (χ4n) is 2.19. The van der Waals surface area contributed by atoms with Crippen molar-refractivity contribution in [2.75, 3.05) is 17.2 Å². The number of amides is 1. The lowest BCUT2D eigenvalue weighted by Crippen LogP contribution is -2.25. The number of hydrogen-bond acceptors (Lipinski definition) is 3. The molecule has 0 aliphatic heterocycles. The molecule has 0 saturated carbocycles. The molecule has 1 amide bonds. The summed E-state index contributed by atoms with van der Waals surface area (Å²) in [7, 11) is 0. The summed E-state index contributed by atoms with van der Waals surface area (Å²) in [6.45, 7) is 3.43. The quantitative estimate of drug-likeness (QED) is 0.834. The molecule has 5 heteroatoms. The predicted molar refractivity (Wildman–Crippen MR) is 87.5 cm³/mol. The Hall–Kier alpha value is -2.20. The highest BCUT2D eigenvalue weighted by atomic mass is 35.5. The van der Waals surface area contributed by atoms with Crippen molar-refractivity contribution in [2.45, 2.75) is 13.5 Å². The third kappa shape index (κ3) is 3.67. The molecule has 0 bridgehead atoms. The van der Waals surface area contributed by atoms with Crippen LogP contribution in [0.25, 0.3) is 0 Å². The van der Waals surface area contributed by atoms with Gasteiger partial charge in [-0.25, -0.2) is 0 Å². The first kappa shape index (κ1) is 15.2. The molecule has 0 aliphatic rings. The number of carbonyl (C=O) groups excluding carboxylic acids is 1. The fraction of sp³-hybridized carbons (Fsp3) is 0.188. The second-order valence-electron chi connectivity index (χ2n) is 4.78. The lowest BCUT2D eigenvalue weighted by atomic mass is 10.1. The van der Waals surface area contributed by atoms with Crippen LogP contribution in [0.3, 0.4) is 0 Å². The molecule has 0 saturated heterocycles. The number of hydrogen-bond donors (Lipinski definition) is 2. The van der Waals surface area contributed by atoms with Crippen molar-refractivity contribution in [1.82, 2.24) is 0 Å². The van der Waals surface area contributed by atoms with Gasteiger partial charge in [0, 0.05) is 29.5 Å². The predicted octanol–water partition coefficient (Wildman–Crippen LogP) is 3.05. The highest BCUT2D eigenvalue weighted by Crippen LogP contribution is 2.25. The topological polar surface area (TPSA) is 72.3 Å². The van der Waals surface area contributed by atoms with E-state index in [-0.39, 0.29) is 0 Å². The molecule has 0 radical (unpaired) electrons. The molecule has 0 unspecified atom stereocenters. The number of nitrogen functional groups attached to an aromatic ring is 1. The summed E-state index contributed by atoms with van der Waals surface area (Å²) in [5.41, 5.74) is 14.2. The molecular weight excluding hydrogens is 286 g/mol. The van der Waals surface area contributed by atoms with Gasteiger partial charge in [-0.1, -0.05) is 23.7 Å². The standard InChI is InChI=1S/C16H18ClN3O/c1-2-20(10-11-3-6-13(18)7-4-11)15-8-5-12(17)9-14(15)16(19)21/h3-9H,2,10,18H2,1H3,(H2,19,21). The second kappa shape index (κ2) is 6.50. The molecule has 21 heavy (non-hydrogen) atoms. The van der Waals surface area contributed by atoms with Crippen LogP contribution in [0.2, 0.25) is 5.02 Å². The summed E-state index contributed by atoms with van der Waals surface area (Å²) in [5, 5.41) is 0.496. The van der Waals surface area contributed by atoms with Crippen molar-refractivity contribution < 1.29 is 4.79 Å². The van der Waals surface area contributed by atoms with Crippen LogP contribution in [-0.2, 0) is 6.54 Å². The van der Waals surface area contributed by atoms with Gasteiger partial charge < -0.3 is 16.4 Å². The van der Waals surface area contributed by atoms with E-state index in [0.29, 0.717) is 17.1 Å². The summed E-state index contributed by atoms with van der Waals surface area (Å²) in [5.74, 6) is -0.483. The minimum absolute atomic E-state index is 0.430. The van der Waals surface area contributed by atoms with Gasteiger partial charge in [0.1, 0.15) is 0 Å². The van der Waals surface area contributed by atoms with Gasteiger partial charge in [0.15, 0.2) is 0 Å². The highest BCUT2D eigenvalue weighted by Gasteiger charge is 2.14. The van der Waals surface area contributed by atoms with Crippen LogP contribution in [-0.4, -0.2) is 12.5 Å². The van der Waals surface area contributed by atoms with Crippen molar-refractivity contribution >= 4 is 28.9 Å². The van der Waals surface area contributed by atoms with Crippen LogP contribution in [0, 0.1) is 0 Å². The minimum Gasteiger partial charge on any atom is -0.399 e. The number of carbonyl (C=O) groups is 1. The first-order valence-corrected chi connectivity index (χ1v) is 7.07. The number of rotatable bonds is 5. The third-order valence-corrected chi connectivity index (χ3v) is 3.53. The molecule has 0 aliphatic carbocycles. The molecule has 0 atom stereocenters. The number of anilines is 2. The number of nitrogens with zero attached hydrogens (tertiary/aromatic N) is 1. The maximum Gasteiger partial charge on any atom is 0.250 e. The van der Waals surface area contributed by atoms with Gasteiger partial charge >= 0.3 is 0 Å². The first-order valence-electron chi connectivity index (χ1n) is 6.70. The number of halogens is 1. The Morgan fingerprint density at radius 2 is 1.86 bits per heavy atom. The van der Waals surface area contributed by atoms with Crippen molar-refractivity contribution in [3.05, 3.63) is 58.6 Å².